The summed E-state index contributed by atoms with van der Waals surface area (Å²) in [6.07, 6.45) is 0. The van der Waals surface area contributed by atoms with Gasteiger partial charge in [-0.2, -0.15) is 0 Å². The summed E-state index contributed by atoms with van der Waals surface area (Å²) in [4.78, 5) is 22.6. The van der Waals surface area contributed by atoms with Gasteiger partial charge in [0.1, 0.15) is 0 Å². The maximum absolute atomic E-state index is 11.6. The molecule has 0 saturated heterocycles. The van der Waals surface area contributed by atoms with Crippen LogP contribution in [0.3, 0.4) is 0 Å². The van der Waals surface area contributed by atoms with Crippen molar-refractivity contribution < 1.29 is 9.59 Å². The van der Waals surface area contributed by atoms with Gasteiger partial charge in [0.25, 0.3) is 0 Å². The number of benzene rings is 1. The van der Waals surface area contributed by atoms with Crippen molar-refractivity contribution in [2.24, 2.45) is 0 Å². The predicted octanol–water partition coefficient (Wildman–Crippen LogP) is 1.82. The molecule has 0 fully saturated rings. The van der Waals surface area contributed by atoms with E-state index < -0.39 is 0 Å². The van der Waals surface area contributed by atoms with E-state index in [9.17, 15) is 9.59 Å². The summed E-state index contributed by atoms with van der Waals surface area (Å²) in [5.41, 5.74) is 1.78. The Morgan fingerprint density at radius 3 is 2.50 bits per heavy atom. The van der Waals surface area contributed by atoms with Gasteiger partial charge in [-0.3, -0.25) is 9.59 Å². The molecule has 0 saturated carbocycles. The second-order valence-corrected chi connectivity index (χ2v) is 5.13. The van der Waals surface area contributed by atoms with Crippen LogP contribution >= 0.6 is 0 Å². The lowest BCUT2D eigenvalue weighted by Crippen LogP contribution is -2.38. The smallest absolute Gasteiger partial charge is 0.234 e. The third-order valence-electron chi connectivity index (χ3n) is 2.73. The minimum atomic E-state index is -0.0981. The van der Waals surface area contributed by atoms with E-state index in [1.165, 1.54) is 6.92 Å². The number of hydrogen-bond acceptors (Lipinski definition) is 3. The zero-order valence-corrected chi connectivity index (χ0v) is 12.5. The molecule has 20 heavy (non-hydrogen) atoms. The summed E-state index contributed by atoms with van der Waals surface area (Å²) in [5, 5.41) is 8.73. The van der Waals surface area contributed by atoms with Crippen LogP contribution in [0.5, 0.6) is 0 Å². The van der Waals surface area contributed by atoms with E-state index in [1.54, 1.807) is 0 Å². The Balaban J connectivity index is 2.56. The van der Waals surface area contributed by atoms with E-state index in [-0.39, 0.29) is 30.4 Å². The molecule has 1 aromatic carbocycles. The maximum Gasteiger partial charge on any atom is 0.234 e. The van der Waals surface area contributed by atoms with Gasteiger partial charge in [0.05, 0.1) is 6.54 Å². The lowest BCUT2D eigenvalue weighted by atomic mass is 10.1. The van der Waals surface area contributed by atoms with Gasteiger partial charge in [-0.1, -0.05) is 12.1 Å². The first-order valence-electron chi connectivity index (χ1n) is 6.78. The molecular weight excluding hydrogens is 254 g/mol. The van der Waals surface area contributed by atoms with Gasteiger partial charge in [-0.25, -0.2) is 0 Å². The Morgan fingerprint density at radius 2 is 1.90 bits per heavy atom. The van der Waals surface area contributed by atoms with E-state index in [0.29, 0.717) is 0 Å². The van der Waals surface area contributed by atoms with Crippen LogP contribution in [0.4, 0.5) is 5.69 Å². The van der Waals surface area contributed by atoms with Gasteiger partial charge in [0, 0.05) is 24.7 Å². The summed E-state index contributed by atoms with van der Waals surface area (Å²) in [6.45, 7) is 7.58. The van der Waals surface area contributed by atoms with Gasteiger partial charge in [0.2, 0.25) is 11.8 Å². The van der Waals surface area contributed by atoms with Crippen LogP contribution in [0.1, 0.15) is 39.3 Å². The van der Waals surface area contributed by atoms with Gasteiger partial charge in [0.15, 0.2) is 0 Å². The molecule has 0 aliphatic rings. The summed E-state index contributed by atoms with van der Waals surface area (Å²) >= 11 is 0. The van der Waals surface area contributed by atoms with Crippen molar-refractivity contribution in [2.45, 2.75) is 39.8 Å². The molecule has 0 spiro atoms. The molecule has 1 rings (SSSR count). The first-order chi connectivity index (χ1) is 9.38. The Morgan fingerprint density at radius 1 is 1.20 bits per heavy atom. The highest BCUT2D eigenvalue weighted by Crippen LogP contribution is 2.17. The van der Waals surface area contributed by atoms with Crippen LogP contribution in [0.15, 0.2) is 24.3 Å². The summed E-state index contributed by atoms with van der Waals surface area (Å²) in [6, 6.07) is 7.75. The van der Waals surface area contributed by atoms with Crippen molar-refractivity contribution in [1.82, 2.24) is 10.6 Å². The van der Waals surface area contributed by atoms with Crippen molar-refractivity contribution in [3.63, 3.8) is 0 Å². The Bertz CT molecular complexity index is 472. The van der Waals surface area contributed by atoms with Crippen molar-refractivity contribution >= 4 is 17.5 Å². The lowest BCUT2D eigenvalue weighted by molar-refractivity contribution is -0.120. The Labute approximate surface area is 120 Å². The number of carbonyl (C=O) groups excluding carboxylic acids is 2. The summed E-state index contributed by atoms with van der Waals surface area (Å²) in [7, 11) is 0. The molecule has 1 aromatic rings. The van der Waals surface area contributed by atoms with Crippen molar-refractivity contribution in [1.29, 1.82) is 0 Å². The normalized spacial score (nSPS) is 12.1. The molecule has 5 nitrogen and oxygen atoms in total. The van der Waals surface area contributed by atoms with Crippen LogP contribution in [0, 0.1) is 0 Å². The highest BCUT2D eigenvalue weighted by molar-refractivity contribution is 5.88. The predicted molar refractivity (Wildman–Crippen MR) is 80.4 cm³/mol. The summed E-state index contributed by atoms with van der Waals surface area (Å²) < 4.78 is 0. The SMILES string of the molecule is CC(=O)Nc1cccc(C(C)NCC(=O)NC(C)C)c1. The molecule has 0 bridgehead atoms. The fraction of sp³-hybridized carbons (Fsp3) is 0.467. The van der Waals surface area contributed by atoms with E-state index in [2.05, 4.69) is 16.0 Å². The molecule has 0 aliphatic carbocycles. The van der Waals surface area contributed by atoms with Gasteiger partial charge in [-0.15, -0.1) is 0 Å². The third-order valence-corrected chi connectivity index (χ3v) is 2.73. The fourth-order valence-corrected chi connectivity index (χ4v) is 1.83. The number of carbonyl (C=O) groups is 2. The highest BCUT2D eigenvalue weighted by Gasteiger charge is 2.09. The number of amides is 2. The van der Waals surface area contributed by atoms with Crippen molar-refractivity contribution in [3.05, 3.63) is 29.8 Å². The first kappa shape index (κ1) is 16.2. The molecule has 0 radical (unpaired) electrons. The lowest BCUT2D eigenvalue weighted by Gasteiger charge is -2.16. The number of anilines is 1. The number of hydrogen-bond donors (Lipinski definition) is 3. The topological polar surface area (TPSA) is 70.2 Å². The van der Waals surface area contributed by atoms with Gasteiger partial charge < -0.3 is 16.0 Å². The molecule has 5 heteroatoms. The van der Waals surface area contributed by atoms with Crippen LogP contribution in [-0.4, -0.2) is 24.4 Å². The molecule has 1 atom stereocenters. The molecule has 0 aliphatic heterocycles. The average molecular weight is 277 g/mol. The molecule has 1 unspecified atom stereocenters. The maximum atomic E-state index is 11.6. The van der Waals surface area contributed by atoms with Crippen LogP contribution in [0.2, 0.25) is 0 Å². The Kier molecular flexibility index (Phi) is 6.18. The van der Waals surface area contributed by atoms with E-state index in [1.807, 2.05) is 45.0 Å². The van der Waals surface area contributed by atoms with Crippen LogP contribution < -0.4 is 16.0 Å². The summed E-state index contributed by atoms with van der Waals surface area (Å²) in [5.74, 6) is -0.121. The number of rotatable bonds is 6. The number of nitrogens with one attached hydrogen (secondary N) is 3. The van der Waals surface area contributed by atoms with Gasteiger partial charge in [-0.05, 0) is 38.5 Å². The first-order valence-corrected chi connectivity index (χ1v) is 6.78. The minimum Gasteiger partial charge on any atom is -0.353 e. The zero-order valence-electron chi connectivity index (χ0n) is 12.5. The standard InChI is InChI=1S/C15H23N3O2/c1-10(2)17-15(20)9-16-11(3)13-6-5-7-14(8-13)18-12(4)19/h5-8,10-11,16H,9H2,1-4H3,(H,17,20)(H,18,19). The molecule has 0 aromatic heterocycles. The Hall–Kier alpha value is -1.88. The zero-order chi connectivity index (χ0) is 15.1. The second-order valence-electron chi connectivity index (χ2n) is 5.13. The fourth-order valence-electron chi connectivity index (χ4n) is 1.83. The quantitative estimate of drug-likeness (QED) is 0.743. The van der Waals surface area contributed by atoms with Crippen molar-refractivity contribution in [3.8, 4) is 0 Å². The molecule has 0 heterocycles. The van der Waals surface area contributed by atoms with E-state index in [4.69, 9.17) is 0 Å². The second kappa shape index (κ2) is 7.65. The molecule has 3 N–H and O–H groups in total. The van der Waals surface area contributed by atoms with E-state index >= 15 is 0 Å². The van der Waals surface area contributed by atoms with E-state index in [0.717, 1.165) is 11.3 Å². The third kappa shape index (κ3) is 5.84. The van der Waals surface area contributed by atoms with Crippen LogP contribution in [0.25, 0.3) is 0 Å². The van der Waals surface area contributed by atoms with Gasteiger partial charge >= 0.3 is 0 Å². The molecule has 2 amide bonds. The largest absolute Gasteiger partial charge is 0.353 e. The molecule has 110 valence electrons. The average Bonchev–Trinajstić information content (AvgIpc) is 2.34. The molecular formula is C15H23N3O2. The minimum absolute atomic E-state index is 0.0233. The monoisotopic (exact) mass is 277 g/mol. The van der Waals surface area contributed by atoms with Crippen molar-refractivity contribution in [2.75, 3.05) is 11.9 Å². The highest BCUT2D eigenvalue weighted by atomic mass is 16.2. The van der Waals surface area contributed by atoms with Crippen LogP contribution in [-0.2, 0) is 9.59 Å².